The van der Waals surface area contributed by atoms with Gasteiger partial charge in [-0.15, -0.1) is 0 Å². The second kappa shape index (κ2) is 6.02. The van der Waals surface area contributed by atoms with Crippen molar-refractivity contribution in [3.63, 3.8) is 0 Å². The molecule has 0 bridgehead atoms. The predicted octanol–water partition coefficient (Wildman–Crippen LogP) is 4.07. The second-order valence-corrected chi connectivity index (χ2v) is 4.87. The third-order valence-corrected chi connectivity index (χ3v) is 3.00. The number of nitrogens with zero attached hydrogens (tertiary/aromatic N) is 2. The van der Waals surface area contributed by atoms with Crippen molar-refractivity contribution in [2.45, 2.75) is 6.92 Å². The fourth-order valence-corrected chi connectivity index (χ4v) is 1.93. The molecule has 0 spiro atoms. The molecule has 1 aromatic heterocycles. The van der Waals surface area contributed by atoms with Crippen molar-refractivity contribution in [1.29, 1.82) is 0 Å². The van der Waals surface area contributed by atoms with E-state index in [-0.39, 0.29) is 0 Å². The van der Waals surface area contributed by atoms with Gasteiger partial charge in [-0.25, -0.2) is 4.98 Å². The van der Waals surface area contributed by atoms with E-state index in [1.807, 2.05) is 25.1 Å². The minimum Gasteiger partial charge on any atom is -0.354 e. The highest BCUT2D eigenvalue weighted by Crippen LogP contribution is 2.28. The number of nitrogens with one attached hydrogen (secondary N) is 2. The van der Waals surface area contributed by atoms with Gasteiger partial charge in [-0.2, -0.15) is 4.98 Å². The SMILES string of the molecule is CCNc1nccc(Nc2cc(Br)ccc2Cl)n1. The molecular formula is C12H12BrClN4. The van der Waals surface area contributed by atoms with Gasteiger partial charge in [0.25, 0.3) is 0 Å². The van der Waals surface area contributed by atoms with Gasteiger partial charge in [-0.3, -0.25) is 0 Å². The van der Waals surface area contributed by atoms with Gasteiger partial charge in [0.2, 0.25) is 5.95 Å². The Morgan fingerprint density at radius 1 is 1.33 bits per heavy atom. The van der Waals surface area contributed by atoms with E-state index in [1.165, 1.54) is 0 Å². The van der Waals surface area contributed by atoms with Crippen LogP contribution in [-0.2, 0) is 0 Å². The van der Waals surface area contributed by atoms with E-state index < -0.39 is 0 Å². The normalized spacial score (nSPS) is 10.2. The molecule has 2 rings (SSSR count). The highest BCUT2D eigenvalue weighted by atomic mass is 79.9. The molecule has 0 saturated carbocycles. The molecule has 0 unspecified atom stereocenters. The topological polar surface area (TPSA) is 49.8 Å². The summed E-state index contributed by atoms with van der Waals surface area (Å²) in [6.07, 6.45) is 1.69. The summed E-state index contributed by atoms with van der Waals surface area (Å²) in [4.78, 5) is 8.43. The van der Waals surface area contributed by atoms with E-state index in [4.69, 9.17) is 11.6 Å². The fraction of sp³-hybridized carbons (Fsp3) is 0.167. The van der Waals surface area contributed by atoms with Gasteiger partial charge in [0.05, 0.1) is 10.7 Å². The summed E-state index contributed by atoms with van der Waals surface area (Å²) >= 11 is 9.51. The first-order valence-corrected chi connectivity index (χ1v) is 6.65. The lowest BCUT2D eigenvalue weighted by Crippen LogP contribution is -2.03. The molecule has 4 nitrogen and oxygen atoms in total. The number of rotatable bonds is 4. The molecule has 0 radical (unpaired) electrons. The van der Waals surface area contributed by atoms with Crippen molar-refractivity contribution in [3.05, 3.63) is 40.0 Å². The van der Waals surface area contributed by atoms with Crippen LogP contribution in [0.4, 0.5) is 17.5 Å². The summed E-state index contributed by atoms with van der Waals surface area (Å²) in [5.74, 6) is 1.29. The van der Waals surface area contributed by atoms with Crippen molar-refractivity contribution < 1.29 is 0 Å². The second-order valence-electron chi connectivity index (χ2n) is 3.54. The zero-order valence-corrected chi connectivity index (χ0v) is 12.1. The minimum absolute atomic E-state index is 0.591. The van der Waals surface area contributed by atoms with E-state index in [2.05, 4.69) is 36.5 Å². The van der Waals surface area contributed by atoms with Gasteiger partial charge < -0.3 is 10.6 Å². The summed E-state index contributed by atoms with van der Waals surface area (Å²) in [5, 5.41) is 6.85. The Kier molecular flexibility index (Phi) is 4.38. The molecule has 0 saturated heterocycles. The van der Waals surface area contributed by atoms with Gasteiger partial charge in [0.15, 0.2) is 0 Å². The van der Waals surface area contributed by atoms with E-state index in [0.717, 1.165) is 16.7 Å². The van der Waals surface area contributed by atoms with Crippen LogP contribution in [0.5, 0.6) is 0 Å². The average Bonchev–Trinajstić information content (AvgIpc) is 2.35. The molecule has 6 heteroatoms. The molecule has 94 valence electrons. The van der Waals surface area contributed by atoms with Crippen molar-refractivity contribution >= 4 is 45.0 Å². The third kappa shape index (κ3) is 3.34. The van der Waals surface area contributed by atoms with Crippen LogP contribution in [0.3, 0.4) is 0 Å². The first kappa shape index (κ1) is 13.1. The van der Waals surface area contributed by atoms with Crippen molar-refractivity contribution in [1.82, 2.24) is 9.97 Å². The maximum Gasteiger partial charge on any atom is 0.224 e. The number of benzene rings is 1. The summed E-state index contributed by atoms with van der Waals surface area (Å²) in [6.45, 7) is 2.77. The Labute approximate surface area is 119 Å². The molecule has 0 aliphatic carbocycles. The van der Waals surface area contributed by atoms with Crippen LogP contribution in [0.2, 0.25) is 5.02 Å². The van der Waals surface area contributed by atoms with Crippen molar-refractivity contribution in [3.8, 4) is 0 Å². The van der Waals surface area contributed by atoms with Crippen molar-refractivity contribution in [2.24, 2.45) is 0 Å². The fourth-order valence-electron chi connectivity index (χ4n) is 1.40. The molecular weight excluding hydrogens is 316 g/mol. The van der Waals surface area contributed by atoms with Crippen molar-refractivity contribution in [2.75, 3.05) is 17.2 Å². The maximum absolute atomic E-state index is 6.10. The minimum atomic E-state index is 0.591. The summed E-state index contributed by atoms with van der Waals surface area (Å²) in [7, 11) is 0. The van der Waals surface area contributed by atoms with E-state index in [9.17, 15) is 0 Å². The zero-order chi connectivity index (χ0) is 13.0. The van der Waals surface area contributed by atoms with Gasteiger partial charge in [-0.05, 0) is 31.2 Å². The molecule has 1 heterocycles. The van der Waals surface area contributed by atoms with Crippen LogP contribution >= 0.6 is 27.5 Å². The lowest BCUT2D eigenvalue weighted by atomic mass is 10.3. The molecule has 1 aromatic carbocycles. The van der Waals surface area contributed by atoms with Crippen LogP contribution in [0.15, 0.2) is 34.9 Å². The van der Waals surface area contributed by atoms with Gasteiger partial charge in [-0.1, -0.05) is 27.5 Å². The molecule has 0 aliphatic heterocycles. The predicted molar refractivity (Wildman–Crippen MR) is 78.6 cm³/mol. The molecule has 0 aliphatic rings. The third-order valence-electron chi connectivity index (χ3n) is 2.18. The van der Waals surface area contributed by atoms with Crippen LogP contribution in [0.1, 0.15) is 6.92 Å². The molecule has 0 amide bonds. The zero-order valence-electron chi connectivity index (χ0n) is 9.74. The summed E-state index contributed by atoms with van der Waals surface area (Å²) in [5.41, 5.74) is 0.798. The van der Waals surface area contributed by atoms with Gasteiger partial charge in [0.1, 0.15) is 5.82 Å². The Hall–Kier alpha value is -1.33. The average molecular weight is 328 g/mol. The largest absolute Gasteiger partial charge is 0.354 e. The molecule has 0 atom stereocenters. The lowest BCUT2D eigenvalue weighted by Gasteiger charge is -2.09. The number of halogens is 2. The summed E-state index contributed by atoms with van der Waals surface area (Å²) in [6, 6.07) is 7.40. The highest BCUT2D eigenvalue weighted by Gasteiger charge is 2.03. The number of aromatic nitrogens is 2. The Morgan fingerprint density at radius 3 is 2.94 bits per heavy atom. The quantitative estimate of drug-likeness (QED) is 0.889. The van der Waals surface area contributed by atoms with E-state index in [1.54, 1.807) is 12.3 Å². The smallest absolute Gasteiger partial charge is 0.224 e. The summed E-state index contributed by atoms with van der Waals surface area (Å²) < 4.78 is 0.954. The highest BCUT2D eigenvalue weighted by molar-refractivity contribution is 9.10. The number of hydrogen-bond donors (Lipinski definition) is 2. The maximum atomic E-state index is 6.10. The Morgan fingerprint density at radius 2 is 2.17 bits per heavy atom. The van der Waals surface area contributed by atoms with Gasteiger partial charge in [0, 0.05) is 17.2 Å². The van der Waals surface area contributed by atoms with E-state index >= 15 is 0 Å². The van der Waals surface area contributed by atoms with Crippen LogP contribution in [0.25, 0.3) is 0 Å². The van der Waals surface area contributed by atoms with Gasteiger partial charge >= 0.3 is 0 Å². The molecule has 0 fully saturated rings. The first-order valence-electron chi connectivity index (χ1n) is 5.48. The molecule has 2 N–H and O–H groups in total. The van der Waals surface area contributed by atoms with E-state index in [0.29, 0.717) is 16.8 Å². The number of anilines is 3. The Bertz CT molecular complexity index is 547. The standard InChI is InChI=1S/C12H12BrClN4/c1-2-15-12-16-6-5-11(18-12)17-10-7-8(13)3-4-9(10)14/h3-7H,2H2,1H3,(H2,15,16,17,18). The van der Waals surface area contributed by atoms with Crippen LogP contribution < -0.4 is 10.6 Å². The number of hydrogen-bond acceptors (Lipinski definition) is 4. The lowest BCUT2D eigenvalue weighted by molar-refractivity contribution is 1.09. The van der Waals surface area contributed by atoms with Crippen LogP contribution in [0, 0.1) is 0 Å². The first-order chi connectivity index (χ1) is 8.69. The molecule has 2 aromatic rings. The Balaban J connectivity index is 2.22. The monoisotopic (exact) mass is 326 g/mol. The molecule has 18 heavy (non-hydrogen) atoms. The van der Waals surface area contributed by atoms with Crippen LogP contribution in [-0.4, -0.2) is 16.5 Å².